The van der Waals surface area contributed by atoms with Crippen LogP contribution in [0.5, 0.6) is 11.5 Å². The minimum absolute atomic E-state index is 0.0956. The smallest absolute Gasteiger partial charge is 0.338 e. The molecule has 0 N–H and O–H groups in total. The van der Waals surface area contributed by atoms with Gasteiger partial charge in [0.05, 0.1) is 23.8 Å². The van der Waals surface area contributed by atoms with Crippen molar-refractivity contribution in [2.24, 2.45) is 0 Å². The van der Waals surface area contributed by atoms with Crippen LogP contribution >= 0.6 is 11.6 Å². The standard InChI is InChI=1S/C16H17ClN2O5/c1-2-4-13-18-14(24-19-13)9-23-16(20)10-7-11(17)15-12(8-10)21-5-3-6-22-15/h7-8H,2-6,9H2,1H3. The summed E-state index contributed by atoms with van der Waals surface area (Å²) in [5.74, 6) is 1.19. The molecule has 0 bridgehead atoms. The number of benzene rings is 1. The molecule has 7 nitrogen and oxygen atoms in total. The zero-order valence-corrected chi connectivity index (χ0v) is 14.0. The molecule has 128 valence electrons. The first kappa shape index (κ1) is 16.6. The maximum atomic E-state index is 12.2. The fourth-order valence-electron chi connectivity index (χ4n) is 2.23. The molecule has 0 amide bonds. The number of nitrogens with zero attached hydrogens (tertiary/aromatic N) is 2. The van der Waals surface area contributed by atoms with Crippen molar-refractivity contribution in [2.45, 2.75) is 32.8 Å². The molecule has 3 rings (SSSR count). The van der Waals surface area contributed by atoms with Crippen LogP contribution in [0.2, 0.25) is 5.02 Å². The van der Waals surface area contributed by atoms with E-state index >= 15 is 0 Å². The summed E-state index contributed by atoms with van der Waals surface area (Å²) in [6.45, 7) is 2.95. The van der Waals surface area contributed by atoms with Crippen molar-refractivity contribution in [1.82, 2.24) is 10.1 Å². The van der Waals surface area contributed by atoms with E-state index in [0.29, 0.717) is 35.6 Å². The number of carbonyl (C=O) groups is 1. The lowest BCUT2D eigenvalue weighted by Crippen LogP contribution is -2.06. The number of rotatable bonds is 5. The van der Waals surface area contributed by atoms with E-state index in [0.717, 1.165) is 19.3 Å². The molecule has 0 spiro atoms. The molecule has 24 heavy (non-hydrogen) atoms. The zero-order valence-electron chi connectivity index (χ0n) is 13.2. The molecule has 8 heteroatoms. The number of hydrogen-bond acceptors (Lipinski definition) is 7. The Bertz CT molecular complexity index is 731. The van der Waals surface area contributed by atoms with Crippen LogP contribution in [0.3, 0.4) is 0 Å². The van der Waals surface area contributed by atoms with Crippen molar-refractivity contribution in [3.05, 3.63) is 34.4 Å². The Kier molecular flexibility index (Phi) is 5.20. The normalized spacial score (nSPS) is 13.4. The summed E-state index contributed by atoms with van der Waals surface area (Å²) >= 11 is 6.17. The van der Waals surface area contributed by atoms with Gasteiger partial charge in [-0.25, -0.2) is 4.79 Å². The number of aromatic nitrogens is 2. The summed E-state index contributed by atoms with van der Waals surface area (Å²) in [7, 11) is 0. The molecular weight excluding hydrogens is 336 g/mol. The average Bonchev–Trinajstić information content (AvgIpc) is 2.87. The van der Waals surface area contributed by atoms with Gasteiger partial charge in [0, 0.05) is 12.8 Å². The van der Waals surface area contributed by atoms with Gasteiger partial charge in [-0.15, -0.1) is 0 Å². The Hall–Kier alpha value is -2.28. The van der Waals surface area contributed by atoms with Crippen LogP contribution in [0, 0.1) is 0 Å². The van der Waals surface area contributed by atoms with E-state index in [1.807, 2.05) is 6.92 Å². The van der Waals surface area contributed by atoms with Gasteiger partial charge in [-0.1, -0.05) is 23.7 Å². The lowest BCUT2D eigenvalue weighted by atomic mass is 10.2. The van der Waals surface area contributed by atoms with Gasteiger partial charge in [0.15, 0.2) is 23.9 Å². The first-order chi connectivity index (χ1) is 11.7. The van der Waals surface area contributed by atoms with E-state index < -0.39 is 5.97 Å². The number of fused-ring (bicyclic) bond motifs is 1. The Balaban J connectivity index is 1.68. The molecule has 1 aliphatic rings. The number of aryl methyl sites for hydroxylation is 1. The molecule has 2 heterocycles. The summed E-state index contributed by atoms with van der Waals surface area (Å²) in [6.07, 6.45) is 2.38. The Morgan fingerprint density at radius 1 is 1.33 bits per heavy atom. The van der Waals surface area contributed by atoms with Gasteiger partial charge in [-0.3, -0.25) is 0 Å². The van der Waals surface area contributed by atoms with Gasteiger partial charge in [0.25, 0.3) is 5.89 Å². The molecule has 0 atom stereocenters. The second-order valence-corrected chi connectivity index (χ2v) is 5.67. The van der Waals surface area contributed by atoms with Crippen molar-refractivity contribution in [3.63, 3.8) is 0 Å². The van der Waals surface area contributed by atoms with Gasteiger partial charge in [-0.2, -0.15) is 4.98 Å². The first-order valence-electron chi connectivity index (χ1n) is 7.75. The molecule has 0 aliphatic carbocycles. The molecule has 2 aromatic rings. The number of hydrogen-bond donors (Lipinski definition) is 0. The van der Waals surface area contributed by atoms with E-state index in [9.17, 15) is 4.79 Å². The fraction of sp³-hybridized carbons (Fsp3) is 0.438. The molecule has 1 aromatic carbocycles. The van der Waals surface area contributed by atoms with Gasteiger partial charge < -0.3 is 18.7 Å². The highest BCUT2D eigenvalue weighted by atomic mass is 35.5. The molecule has 1 aliphatic heterocycles. The van der Waals surface area contributed by atoms with Crippen molar-refractivity contribution in [2.75, 3.05) is 13.2 Å². The summed E-state index contributed by atoms with van der Waals surface area (Å²) in [5, 5.41) is 4.11. The predicted molar refractivity (Wildman–Crippen MR) is 84.5 cm³/mol. The van der Waals surface area contributed by atoms with Crippen LogP contribution in [0.4, 0.5) is 0 Å². The molecule has 0 radical (unpaired) electrons. The van der Waals surface area contributed by atoms with Crippen molar-refractivity contribution < 1.29 is 23.5 Å². The van der Waals surface area contributed by atoms with Gasteiger partial charge >= 0.3 is 5.97 Å². The highest BCUT2D eigenvalue weighted by Gasteiger charge is 2.19. The van der Waals surface area contributed by atoms with Crippen LogP contribution in [0.25, 0.3) is 0 Å². The third-order valence-electron chi connectivity index (χ3n) is 3.35. The predicted octanol–water partition coefficient (Wildman–Crippen LogP) is 3.19. The third-order valence-corrected chi connectivity index (χ3v) is 3.63. The van der Waals surface area contributed by atoms with Gasteiger partial charge in [-0.05, 0) is 18.6 Å². The second-order valence-electron chi connectivity index (χ2n) is 5.27. The van der Waals surface area contributed by atoms with Crippen molar-refractivity contribution >= 4 is 17.6 Å². The maximum absolute atomic E-state index is 12.2. The van der Waals surface area contributed by atoms with Crippen LogP contribution < -0.4 is 9.47 Å². The van der Waals surface area contributed by atoms with E-state index in [2.05, 4.69) is 10.1 Å². The minimum Gasteiger partial charge on any atom is -0.489 e. The maximum Gasteiger partial charge on any atom is 0.338 e. The van der Waals surface area contributed by atoms with Crippen LogP contribution in [0.1, 0.15) is 41.8 Å². The molecular formula is C16H17ClN2O5. The Morgan fingerprint density at radius 3 is 3.00 bits per heavy atom. The second kappa shape index (κ2) is 7.53. The van der Waals surface area contributed by atoms with Crippen LogP contribution in [-0.4, -0.2) is 29.3 Å². The summed E-state index contributed by atoms with van der Waals surface area (Å²) in [6, 6.07) is 3.05. The summed E-state index contributed by atoms with van der Waals surface area (Å²) < 4.78 is 21.3. The fourth-order valence-corrected chi connectivity index (χ4v) is 2.50. The highest BCUT2D eigenvalue weighted by Crippen LogP contribution is 2.38. The summed E-state index contributed by atoms with van der Waals surface area (Å²) in [4.78, 5) is 16.3. The van der Waals surface area contributed by atoms with E-state index in [1.165, 1.54) is 6.07 Å². The highest BCUT2D eigenvalue weighted by molar-refractivity contribution is 6.32. The van der Waals surface area contributed by atoms with E-state index in [1.54, 1.807) is 6.07 Å². The SMILES string of the molecule is CCCc1noc(COC(=O)c2cc(Cl)c3c(c2)OCCCO3)n1. The molecule has 1 aromatic heterocycles. The largest absolute Gasteiger partial charge is 0.489 e. The lowest BCUT2D eigenvalue weighted by Gasteiger charge is -2.11. The minimum atomic E-state index is -0.553. The molecule has 0 saturated carbocycles. The van der Waals surface area contributed by atoms with Gasteiger partial charge in [0.2, 0.25) is 0 Å². The van der Waals surface area contributed by atoms with Crippen LogP contribution in [-0.2, 0) is 17.8 Å². The zero-order chi connectivity index (χ0) is 16.9. The number of esters is 1. The lowest BCUT2D eigenvalue weighted by molar-refractivity contribution is 0.0429. The Morgan fingerprint density at radius 2 is 2.17 bits per heavy atom. The first-order valence-corrected chi connectivity index (χ1v) is 8.13. The molecule has 0 unspecified atom stereocenters. The van der Waals surface area contributed by atoms with E-state index in [-0.39, 0.29) is 18.1 Å². The molecule has 0 fully saturated rings. The van der Waals surface area contributed by atoms with Gasteiger partial charge in [0.1, 0.15) is 0 Å². The third kappa shape index (κ3) is 3.79. The number of carbonyl (C=O) groups excluding carboxylic acids is 1. The quantitative estimate of drug-likeness (QED) is 0.764. The van der Waals surface area contributed by atoms with Crippen molar-refractivity contribution in [1.29, 1.82) is 0 Å². The van der Waals surface area contributed by atoms with E-state index in [4.69, 9.17) is 30.3 Å². The number of halogens is 1. The average molecular weight is 353 g/mol. The number of ether oxygens (including phenoxy) is 3. The monoisotopic (exact) mass is 352 g/mol. The van der Waals surface area contributed by atoms with Crippen LogP contribution in [0.15, 0.2) is 16.7 Å². The van der Waals surface area contributed by atoms with Crippen molar-refractivity contribution in [3.8, 4) is 11.5 Å². The molecule has 0 saturated heterocycles. The summed E-state index contributed by atoms with van der Waals surface area (Å²) in [5.41, 5.74) is 0.276. The Labute approximate surface area is 143 Å². The topological polar surface area (TPSA) is 83.7 Å².